The zero-order chi connectivity index (χ0) is 21.8. The molecule has 2 N–H and O–H groups in total. The quantitative estimate of drug-likeness (QED) is 0.558. The van der Waals surface area contributed by atoms with Gasteiger partial charge in [0.25, 0.3) is 0 Å². The molecule has 2 bridgehead atoms. The standard InChI is InChI=1S/C26H28N4OS/c31-26(28-22-10-4-5-11-24(22)32-21-8-2-1-3-9-21)29-25-20-12-15-30(16-13-20)23(25)17-19-7-6-14-27-18-19/h1-11,14,18,20,23,25H,12-13,15-17H2,(H2,28,29,31)/t23-,25+/m1/s1. The number of aromatic nitrogens is 1. The number of anilines is 1. The molecule has 2 aromatic carbocycles. The number of urea groups is 1. The van der Waals surface area contributed by atoms with E-state index in [1.807, 2.05) is 60.9 Å². The summed E-state index contributed by atoms with van der Waals surface area (Å²) in [5.74, 6) is 0.529. The Bertz CT molecular complexity index is 1040. The van der Waals surface area contributed by atoms with Crippen molar-refractivity contribution in [2.24, 2.45) is 5.92 Å². The number of carbonyl (C=O) groups is 1. The average molecular weight is 445 g/mol. The summed E-state index contributed by atoms with van der Waals surface area (Å²) in [5.41, 5.74) is 2.06. The molecule has 6 rings (SSSR count). The third kappa shape index (κ3) is 4.81. The number of piperidine rings is 3. The fourth-order valence-corrected chi connectivity index (χ4v) is 5.89. The molecule has 1 aromatic heterocycles. The maximum absolute atomic E-state index is 13.1. The van der Waals surface area contributed by atoms with Crippen LogP contribution in [0.5, 0.6) is 0 Å². The van der Waals surface area contributed by atoms with Crippen molar-refractivity contribution in [1.82, 2.24) is 15.2 Å². The van der Waals surface area contributed by atoms with Gasteiger partial charge in [-0.3, -0.25) is 9.88 Å². The van der Waals surface area contributed by atoms with Crippen LogP contribution in [-0.4, -0.2) is 41.1 Å². The molecule has 3 fully saturated rings. The molecular formula is C26H28N4OS. The lowest BCUT2D eigenvalue weighted by atomic mass is 9.77. The lowest BCUT2D eigenvalue weighted by Crippen LogP contribution is -2.64. The second-order valence-corrected chi connectivity index (χ2v) is 9.66. The molecule has 0 aliphatic carbocycles. The smallest absolute Gasteiger partial charge is 0.319 e. The molecule has 0 unspecified atom stereocenters. The molecule has 164 valence electrons. The van der Waals surface area contributed by atoms with E-state index in [4.69, 9.17) is 0 Å². The number of pyridine rings is 1. The minimum Gasteiger partial charge on any atom is -0.333 e. The number of amides is 2. The van der Waals surface area contributed by atoms with Crippen molar-refractivity contribution in [1.29, 1.82) is 0 Å². The van der Waals surface area contributed by atoms with E-state index in [0.29, 0.717) is 12.0 Å². The molecule has 0 spiro atoms. The van der Waals surface area contributed by atoms with E-state index in [2.05, 4.69) is 38.7 Å². The Labute approximate surface area is 193 Å². The molecule has 3 aromatic rings. The lowest BCUT2D eigenvalue weighted by molar-refractivity contribution is 0.0184. The van der Waals surface area contributed by atoms with Crippen LogP contribution in [-0.2, 0) is 6.42 Å². The van der Waals surface area contributed by atoms with Crippen molar-refractivity contribution in [2.75, 3.05) is 18.4 Å². The van der Waals surface area contributed by atoms with Gasteiger partial charge in [-0.1, -0.05) is 48.2 Å². The number of hydrogen-bond donors (Lipinski definition) is 2. The first-order chi connectivity index (χ1) is 15.8. The van der Waals surface area contributed by atoms with E-state index in [0.717, 1.165) is 47.8 Å². The molecule has 3 aliphatic rings. The average Bonchev–Trinajstić information content (AvgIpc) is 2.84. The van der Waals surface area contributed by atoms with Crippen LogP contribution >= 0.6 is 11.8 Å². The second kappa shape index (κ2) is 9.76. The summed E-state index contributed by atoms with van der Waals surface area (Å²) >= 11 is 1.66. The Morgan fingerprint density at radius 2 is 1.78 bits per heavy atom. The van der Waals surface area contributed by atoms with Crippen LogP contribution in [0.4, 0.5) is 10.5 Å². The molecular weight excluding hydrogens is 416 g/mol. The monoisotopic (exact) mass is 444 g/mol. The number of hydrogen-bond acceptors (Lipinski definition) is 4. The molecule has 32 heavy (non-hydrogen) atoms. The highest BCUT2D eigenvalue weighted by Gasteiger charge is 2.42. The van der Waals surface area contributed by atoms with E-state index in [1.54, 1.807) is 11.8 Å². The summed E-state index contributed by atoms with van der Waals surface area (Å²) in [6.07, 6.45) is 6.96. The Morgan fingerprint density at radius 1 is 1.00 bits per heavy atom. The molecule has 5 nitrogen and oxygen atoms in total. The van der Waals surface area contributed by atoms with E-state index in [-0.39, 0.29) is 12.1 Å². The van der Waals surface area contributed by atoms with Gasteiger partial charge < -0.3 is 10.6 Å². The summed E-state index contributed by atoms with van der Waals surface area (Å²) in [6, 6.07) is 22.7. The third-order valence-electron chi connectivity index (χ3n) is 6.54. The molecule has 2 atom stereocenters. The first-order valence-electron chi connectivity index (χ1n) is 11.3. The van der Waals surface area contributed by atoms with Gasteiger partial charge in [-0.15, -0.1) is 0 Å². The predicted molar refractivity (Wildman–Crippen MR) is 129 cm³/mol. The summed E-state index contributed by atoms with van der Waals surface area (Å²) in [5, 5.41) is 6.46. The number of fused-ring (bicyclic) bond motifs is 3. The van der Waals surface area contributed by atoms with Gasteiger partial charge in [-0.25, -0.2) is 4.79 Å². The van der Waals surface area contributed by atoms with Gasteiger partial charge in [-0.05, 0) is 74.2 Å². The molecule has 6 heteroatoms. The van der Waals surface area contributed by atoms with E-state index < -0.39 is 0 Å². The second-order valence-electron chi connectivity index (χ2n) is 8.54. The summed E-state index contributed by atoms with van der Waals surface area (Å²) in [7, 11) is 0. The number of para-hydroxylation sites is 1. The van der Waals surface area contributed by atoms with Crippen LogP contribution in [0.25, 0.3) is 0 Å². The largest absolute Gasteiger partial charge is 0.333 e. The van der Waals surface area contributed by atoms with E-state index in [9.17, 15) is 4.79 Å². The highest BCUT2D eigenvalue weighted by Crippen LogP contribution is 2.35. The van der Waals surface area contributed by atoms with Gasteiger partial charge in [0.05, 0.1) is 5.69 Å². The minimum atomic E-state index is -0.124. The van der Waals surface area contributed by atoms with Crippen molar-refractivity contribution < 1.29 is 4.79 Å². The number of rotatable bonds is 6. The van der Waals surface area contributed by atoms with Gasteiger partial charge in [-0.2, -0.15) is 0 Å². The summed E-state index contributed by atoms with van der Waals surface area (Å²) in [4.78, 5) is 22.1. The first kappa shape index (κ1) is 21.0. The fraction of sp³-hybridized carbons (Fsp3) is 0.308. The number of carbonyl (C=O) groups excluding carboxylic acids is 1. The molecule has 3 saturated heterocycles. The van der Waals surface area contributed by atoms with Crippen molar-refractivity contribution >= 4 is 23.5 Å². The van der Waals surface area contributed by atoms with Gasteiger partial charge in [0.15, 0.2) is 0 Å². The number of nitrogens with zero attached hydrogens (tertiary/aromatic N) is 2. The Hall–Kier alpha value is -2.83. The van der Waals surface area contributed by atoms with Crippen LogP contribution in [0.2, 0.25) is 0 Å². The van der Waals surface area contributed by atoms with Gasteiger partial charge in [0.2, 0.25) is 0 Å². The van der Waals surface area contributed by atoms with Gasteiger partial charge >= 0.3 is 6.03 Å². The maximum atomic E-state index is 13.1. The SMILES string of the molecule is O=C(Nc1ccccc1Sc1ccccc1)N[C@H]1C2CCN(CC2)[C@@H]1Cc1cccnc1. The van der Waals surface area contributed by atoms with E-state index >= 15 is 0 Å². The zero-order valence-corrected chi connectivity index (χ0v) is 18.8. The zero-order valence-electron chi connectivity index (χ0n) is 18.0. The highest BCUT2D eigenvalue weighted by molar-refractivity contribution is 7.99. The van der Waals surface area contributed by atoms with Crippen LogP contribution in [0.3, 0.4) is 0 Å². The lowest BCUT2D eigenvalue weighted by Gasteiger charge is -2.51. The Morgan fingerprint density at radius 3 is 2.56 bits per heavy atom. The topological polar surface area (TPSA) is 57.3 Å². The van der Waals surface area contributed by atoms with Crippen molar-refractivity contribution in [2.45, 2.75) is 41.1 Å². The molecule has 0 radical (unpaired) electrons. The van der Waals surface area contributed by atoms with Crippen LogP contribution < -0.4 is 10.6 Å². The Kier molecular flexibility index (Phi) is 6.41. The van der Waals surface area contributed by atoms with Crippen LogP contribution in [0.1, 0.15) is 18.4 Å². The maximum Gasteiger partial charge on any atom is 0.319 e. The molecule has 3 aliphatic heterocycles. The Balaban J connectivity index is 1.29. The number of nitrogens with one attached hydrogen (secondary N) is 2. The normalized spacial score (nSPS) is 24.1. The van der Waals surface area contributed by atoms with Crippen LogP contribution in [0, 0.1) is 5.92 Å². The molecule has 2 amide bonds. The predicted octanol–water partition coefficient (Wildman–Crippen LogP) is 5.06. The van der Waals surface area contributed by atoms with Crippen LogP contribution in [0.15, 0.2) is 88.9 Å². The number of benzene rings is 2. The van der Waals surface area contributed by atoms with Crippen molar-refractivity contribution in [3.05, 3.63) is 84.7 Å². The van der Waals surface area contributed by atoms with E-state index in [1.165, 1.54) is 5.56 Å². The third-order valence-corrected chi connectivity index (χ3v) is 7.62. The minimum absolute atomic E-state index is 0.124. The summed E-state index contributed by atoms with van der Waals surface area (Å²) in [6.45, 7) is 2.23. The fourth-order valence-electron chi connectivity index (χ4n) is 4.97. The van der Waals surface area contributed by atoms with Gasteiger partial charge in [0, 0.05) is 34.3 Å². The highest BCUT2D eigenvalue weighted by atomic mass is 32.2. The van der Waals surface area contributed by atoms with Crippen molar-refractivity contribution in [3.63, 3.8) is 0 Å². The van der Waals surface area contributed by atoms with Crippen molar-refractivity contribution in [3.8, 4) is 0 Å². The first-order valence-corrected chi connectivity index (χ1v) is 12.1. The molecule has 4 heterocycles. The van der Waals surface area contributed by atoms with Gasteiger partial charge in [0.1, 0.15) is 0 Å². The molecule has 0 saturated carbocycles. The summed E-state index contributed by atoms with van der Waals surface area (Å²) < 4.78 is 0.